The average Bonchev–Trinajstić information content (AvgIpc) is 3.08. The third-order valence-corrected chi connectivity index (χ3v) is 8.23. The minimum atomic E-state index is 0.120. The minimum absolute atomic E-state index is 0.120. The average molecular weight is 405 g/mol. The maximum Gasteiger partial charge on any atom is 0.0396 e. The van der Waals surface area contributed by atoms with Crippen molar-refractivity contribution in [2.75, 3.05) is 0 Å². The van der Waals surface area contributed by atoms with Crippen LogP contribution in [0.4, 0.5) is 0 Å². The van der Waals surface area contributed by atoms with E-state index in [1.807, 2.05) is 0 Å². The molecule has 0 N–H and O–H groups in total. The monoisotopic (exact) mass is 404 g/mol. The lowest BCUT2D eigenvalue weighted by Gasteiger charge is -2.32. The van der Waals surface area contributed by atoms with Crippen LogP contribution in [0.3, 0.4) is 0 Å². The van der Waals surface area contributed by atoms with Gasteiger partial charge in [0.05, 0.1) is 0 Å². The van der Waals surface area contributed by atoms with Crippen molar-refractivity contribution >= 4 is 0 Å². The van der Waals surface area contributed by atoms with Crippen LogP contribution in [0, 0.1) is 32.5 Å². The van der Waals surface area contributed by atoms with Crippen molar-refractivity contribution in [2.24, 2.45) is 32.5 Å². The Morgan fingerprint density at radius 2 is 0.733 bits per heavy atom. The summed E-state index contributed by atoms with van der Waals surface area (Å²) in [7, 11) is 0. The molecule has 3 aliphatic rings. The molecule has 0 bridgehead atoms. The first-order chi connectivity index (χ1) is 13.1. The standard InChI is InChI=1S/C30H44/c1-25(2,3)17-21-19(15-23-27(7,8)28(23,9)10)20(22(21)18-26(4,5)6)16-24-29(11,12)30(24,13)14/h17-18H,1-14H3/b21-17+,22-18+. The summed E-state index contributed by atoms with van der Waals surface area (Å²) in [6.07, 6.45) is 4.88. The van der Waals surface area contributed by atoms with E-state index in [4.69, 9.17) is 0 Å². The van der Waals surface area contributed by atoms with Crippen LogP contribution in [0.5, 0.6) is 0 Å². The molecule has 0 amide bonds. The second kappa shape index (κ2) is 6.06. The molecule has 3 saturated carbocycles. The first-order valence-electron chi connectivity index (χ1n) is 11.7. The molecule has 0 heterocycles. The number of hydrogen-bond donors (Lipinski definition) is 0. The van der Waals surface area contributed by atoms with Crippen molar-refractivity contribution in [1.29, 1.82) is 0 Å². The normalized spacial score (nSPS) is 28.3. The molecular weight excluding hydrogens is 360 g/mol. The molecule has 0 aromatic heterocycles. The molecule has 0 radical (unpaired) electrons. The van der Waals surface area contributed by atoms with Gasteiger partial charge in [0.25, 0.3) is 0 Å². The van der Waals surface area contributed by atoms with Gasteiger partial charge >= 0.3 is 0 Å². The Morgan fingerprint density at radius 3 is 0.900 bits per heavy atom. The molecule has 0 atom stereocenters. The van der Waals surface area contributed by atoms with Gasteiger partial charge in [0.1, 0.15) is 0 Å². The van der Waals surface area contributed by atoms with Crippen LogP contribution in [-0.4, -0.2) is 0 Å². The van der Waals surface area contributed by atoms with Gasteiger partial charge in [-0.25, -0.2) is 0 Å². The van der Waals surface area contributed by atoms with Gasteiger partial charge in [0, 0.05) is 32.8 Å². The van der Waals surface area contributed by atoms with Gasteiger partial charge in [-0.15, -0.1) is 11.5 Å². The van der Waals surface area contributed by atoms with E-state index in [1.54, 1.807) is 0 Å². The van der Waals surface area contributed by atoms with Crippen molar-refractivity contribution in [3.05, 3.63) is 57.1 Å². The fraction of sp³-hybridized carbons (Fsp3) is 0.667. The summed E-state index contributed by atoms with van der Waals surface area (Å²) >= 11 is 0. The topological polar surface area (TPSA) is 0 Å². The minimum Gasteiger partial charge on any atom is -0.111 e. The lowest BCUT2D eigenvalue weighted by molar-refractivity contribution is 0.457. The van der Waals surface area contributed by atoms with E-state index in [0.717, 1.165) is 0 Å². The van der Waals surface area contributed by atoms with Crippen LogP contribution in [0.25, 0.3) is 0 Å². The summed E-state index contributed by atoms with van der Waals surface area (Å²) in [4.78, 5) is 0. The molecule has 0 heteroatoms. The summed E-state index contributed by atoms with van der Waals surface area (Å²) in [6, 6.07) is 0. The Bertz CT molecular complexity index is 879. The van der Waals surface area contributed by atoms with Crippen LogP contribution in [-0.2, 0) is 0 Å². The van der Waals surface area contributed by atoms with Crippen molar-refractivity contribution < 1.29 is 0 Å². The zero-order chi connectivity index (χ0) is 23.3. The van der Waals surface area contributed by atoms with Crippen LogP contribution in [0.2, 0.25) is 0 Å². The van der Waals surface area contributed by atoms with Crippen LogP contribution < -0.4 is 0 Å². The van der Waals surface area contributed by atoms with Crippen molar-refractivity contribution in [1.82, 2.24) is 0 Å². The number of rotatable bonds is 0. The zero-order valence-electron chi connectivity index (χ0n) is 22.2. The molecule has 3 rings (SSSR count). The second-order valence-corrected chi connectivity index (χ2v) is 14.1. The summed E-state index contributed by atoms with van der Waals surface area (Å²) in [5.41, 5.74) is 17.1. The van der Waals surface area contributed by atoms with Gasteiger partial charge < -0.3 is 0 Å². The molecule has 0 aliphatic heterocycles. The Balaban J connectivity index is 2.36. The summed E-state index contributed by atoms with van der Waals surface area (Å²) < 4.78 is 0. The van der Waals surface area contributed by atoms with E-state index in [9.17, 15) is 0 Å². The molecule has 164 valence electrons. The third-order valence-electron chi connectivity index (χ3n) is 8.23. The summed E-state index contributed by atoms with van der Waals surface area (Å²) in [5.74, 6) is 0. The highest BCUT2D eigenvalue weighted by atomic mass is 14.6. The highest BCUT2D eigenvalue weighted by Gasteiger charge is 2.61. The molecule has 3 fully saturated rings. The third kappa shape index (κ3) is 3.47. The van der Waals surface area contributed by atoms with Crippen molar-refractivity contribution in [3.63, 3.8) is 0 Å². The van der Waals surface area contributed by atoms with Gasteiger partial charge in [0.15, 0.2) is 0 Å². The van der Waals surface area contributed by atoms with E-state index < -0.39 is 0 Å². The predicted octanol–water partition coefficient (Wildman–Crippen LogP) is 8.98. The van der Waals surface area contributed by atoms with Crippen molar-refractivity contribution in [3.8, 4) is 0 Å². The highest BCUT2D eigenvalue weighted by molar-refractivity contribution is 5.79. The summed E-state index contributed by atoms with van der Waals surface area (Å²) in [5, 5.41) is 0. The molecule has 0 spiro atoms. The lowest BCUT2D eigenvalue weighted by atomic mass is 9.70. The molecule has 0 nitrogen and oxygen atoms in total. The fourth-order valence-corrected chi connectivity index (χ4v) is 4.84. The van der Waals surface area contributed by atoms with Gasteiger partial charge in [-0.05, 0) is 33.1 Å². The van der Waals surface area contributed by atoms with Gasteiger partial charge in [-0.2, -0.15) is 0 Å². The molecule has 0 aromatic rings. The SMILES string of the molecule is CC(C)(C)/C=C1\C(=C=C2C(C)(C)C2(C)C)C(=C=C2C(C)(C)C2(C)C)\C1=C/C(C)(C)C. The Morgan fingerprint density at radius 1 is 0.500 bits per heavy atom. The second-order valence-electron chi connectivity index (χ2n) is 14.1. The molecule has 0 unspecified atom stereocenters. The van der Waals surface area contributed by atoms with E-state index in [-0.39, 0.29) is 32.5 Å². The van der Waals surface area contributed by atoms with Crippen molar-refractivity contribution in [2.45, 2.75) is 96.9 Å². The fourth-order valence-electron chi connectivity index (χ4n) is 4.84. The van der Waals surface area contributed by atoms with Gasteiger partial charge in [-0.3, -0.25) is 0 Å². The van der Waals surface area contributed by atoms with Gasteiger partial charge in [-0.1, -0.05) is 109 Å². The Hall–Kier alpha value is -1.48. The predicted molar refractivity (Wildman–Crippen MR) is 131 cm³/mol. The van der Waals surface area contributed by atoms with Crippen LogP contribution >= 0.6 is 0 Å². The molecule has 3 aliphatic carbocycles. The van der Waals surface area contributed by atoms with E-state index in [1.165, 1.54) is 33.4 Å². The summed E-state index contributed by atoms with van der Waals surface area (Å²) in [6.45, 7) is 32.5. The quantitative estimate of drug-likeness (QED) is 0.353. The molecule has 0 saturated heterocycles. The Labute approximate surface area is 186 Å². The molecule has 0 aromatic carbocycles. The van der Waals surface area contributed by atoms with Crippen LogP contribution in [0.1, 0.15) is 96.9 Å². The first-order valence-corrected chi connectivity index (χ1v) is 11.7. The molecule has 30 heavy (non-hydrogen) atoms. The first kappa shape index (κ1) is 23.2. The smallest absolute Gasteiger partial charge is 0.0396 e. The number of allylic oxidation sites excluding steroid dienone is 6. The lowest BCUT2D eigenvalue weighted by Crippen LogP contribution is -2.18. The maximum atomic E-state index is 3.91. The van der Waals surface area contributed by atoms with Gasteiger partial charge in [0.2, 0.25) is 0 Å². The van der Waals surface area contributed by atoms with Crippen LogP contribution in [0.15, 0.2) is 57.1 Å². The Kier molecular flexibility index (Phi) is 4.68. The van der Waals surface area contributed by atoms with E-state index in [2.05, 4.69) is 121 Å². The maximum absolute atomic E-state index is 3.91. The largest absolute Gasteiger partial charge is 0.111 e. The number of hydrogen-bond acceptors (Lipinski definition) is 0. The van der Waals surface area contributed by atoms with E-state index >= 15 is 0 Å². The highest BCUT2D eigenvalue weighted by Crippen LogP contribution is 2.69. The molecular formula is C30H44. The van der Waals surface area contributed by atoms with E-state index in [0.29, 0.717) is 0 Å². The zero-order valence-corrected chi connectivity index (χ0v) is 22.2.